The molecule has 0 unspecified atom stereocenters. The minimum absolute atomic E-state index is 0.253. The highest BCUT2D eigenvalue weighted by Crippen LogP contribution is 2.12. The normalized spacial score (nSPS) is 10.1. The van der Waals surface area contributed by atoms with Crippen LogP contribution >= 0.6 is 0 Å². The van der Waals surface area contributed by atoms with E-state index >= 15 is 0 Å². The van der Waals surface area contributed by atoms with Crippen LogP contribution in [0.5, 0.6) is 0 Å². The Balaban J connectivity index is 2.18. The molecule has 0 aliphatic rings. The summed E-state index contributed by atoms with van der Waals surface area (Å²) in [6, 6.07) is 9.20. The molecule has 0 fully saturated rings. The van der Waals surface area contributed by atoms with Crippen LogP contribution in [0.25, 0.3) is 0 Å². The van der Waals surface area contributed by atoms with Gasteiger partial charge in [-0.15, -0.1) is 0 Å². The summed E-state index contributed by atoms with van der Waals surface area (Å²) in [5.41, 5.74) is 6.81. The van der Waals surface area contributed by atoms with Crippen LogP contribution in [-0.2, 0) is 7.05 Å². The Morgan fingerprint density at radius 1 is 1.38 bits per heavy atom. The molecule has 2 rings (SSSR count). The highest BCUT2D eigenvalue weighted by Gasteiger charge is 2.13. The van der Waals surface area contributed by atoms with E-state index in [4.69, 9.17) is 5.73 Å². The van der Waals surface area contributed by atoms with Crippen LogP contribution in [0.2, 0.25) is 0 Å². The summed E-state index contributed by atoms with van der Waals surface area (Å²) in [5.74, 6) is 0.102. The Morgan fingerprint density at radius 2 is 2.06 bits per heavy atom. The van der Waals surface area contributed by atoms with Crippen molar-refractivity contribution in [3.8, 4) is 0 Å². The van der Waals surface area contributed by atoms with E-state index in [1.807, 2.05) is 30.3 Å². The number of anilines is 2. The number of aryl methyl sites for hydroxylation is 1. The third kappa shape index (κ3) is 1.88. The smallest absolute Gasteiger partial charge is 0.261 e. The fourth-order valence-corrected chi connectivity index (χ4v) is 1.34. The summed E-state index contributed by atoms with van der Waals surface area (Å²) in [6.45, 7) is 0. The summed E-state index contributed by atoms with van der Waals surface area (Å²) in [6.07, 6.45) is 1.45. The number of para-hydroxylation sites is 1. The van der Waals surface area contributed by atoms with Crippen LogP contribution in [-0.4, -0.2) is 15.7 Å². The quantitative estimate of drug-likeness (QED) is 0.793. The summed E-state index contributed by atoms with van der Waals surface area (Å²) < 4.78 is 1.46. The molecule has 0 bridgehead atoms. The van der Waals surface area contributed by atoms with Gasteiger partial charge in [-0.25, -0.2) is 0 Å². The van der Waals surface area contributed by atoms with E-state index in [2.05, 4.69) is 10.4 Å². The lowest BCUT2D eigenvalue weighted by molar-refractivity contribution is 0.102. The lowest BCUT2D eigenvalue weighted by atomic mass is 10.2. The molecule has 0 radical (unpaired) electrons. The zero-order chi connectivity index (χ0) is 11.5. The summed E-state index contributed by atoms with van der Waals surface area (Å²) in [5, 5.41) is 6.65. The molecule has 1 aromatic heterocycles. The molecule has 3 N–H and O–H groups in total. The standard InChI is InChI=1S/C11H12N4O/c1-15-10(12)9(7-13-15)11(16)14-8-5-3-2-4-6-8/h2-7H,12H2,1H3,(H,14,16). The third-order valence-electron chi connectivity index (χ3n) is 2.26. The molecule has 1 amide bonds. The number of carbonyl (C=O) groups excluding carboxylic acids is 1. The van der Waals surface area contributed by atoms with Gasteiger partial charge in [-0.2, -0.15) is 5.10 Å². The lowest BCUT2D eigenvalue weighted by Crippen LogP contribution is -2.13. The van der Waals surface area contributed by atoms with Crippen molar-refractivity contribution in [2.24, 2.45) is 7.05 Å². The number of nitrogen functional groups attached to an aromatic ring is 1. The van der Waals surface area contributed by atoms with E-state index in [1.165, 1.54) is 10.9 Å². The molecular formula is C11H12N4O. The van der Waals surface area contributed by atoms with Crippen molar-refractivity contribution < 1.29 is 4.79 Å². The monoisotopic (exact) mass is 216 g/mol. The van der Waals surface area contributed by atoms with Crippen LogP contribution in [0.1, 0.15) is 10.4 Å². The first-order chi connectivity index (χ1) is 7.68. The molecule has 0 saturated heterocycles. The molecular weight excluding hydrogens is 204 g/mol. The first-order valence-electron chi connectivity index (χ1n) is 4.82. The molecule has 5 heteroatoms. The second-order valence-electron chi connectivity index (χ2n) is 3.39. The number of benzene rings is 1. The van der Waals surface area contributed by atoms with Crippen molar-refractivity contribution in [2.75, 3.05) is 11.1 Å². The molecule has 0 spiro atoms. The predicted octanol–water partition coefficient (Wildman–Crippen LogP) is 1.25. The number of nitrogens with one attached hydrogen (secondary N) is 1. The van der Waals surface area contributed by atoms with Crippen molar-refractivity contribution in [3.63, 3.8) is 0 Å². The van der Waals surface area contributed by atoms with Gasteiger partial charge in [0.05, 0.1) is 6.20 Å². The molecule has 0 saturated carbocycles. The average molecular weight is 216 g/mol. The van der Waals surface area contributed by atoms with Gasteiger partial charge in [0.25, 0.3) is 5.91 Å². The fraction of sp³-hybridized carbons (Fsp3) is 0.0909. The van der Waals surface area contributed by atoms with Gasteiger partial charge in [0.15, 0.2) is 0 Å². The molecule has 16 heavy (non-hydrogen) atoms. The topological polar surface area (TPSA) is 72.9 Å². The van der Waals surface area contributed by atoms with Gasteiger partial charge in [0.1, 0.15) is 11.4 Å². The number of rotatable bonds is 2. The van der Waals surface area contributed by atoms with Crippen LogP contribution < -0.4 is 11.1 Å². The first-order valence-corrected chi connectivity index (χ1v) is 4.82. The van der Waals surface area contributed by atoms with Crippen molar-refractivity contribution >= 4 is 17.4 Å². The Morgan fingerprint density at radius 3 is 2.62 bits per heavy atom. The molecule has 2 aromatic rings. The van der Waals surface area contributed by atoms with Crippen molar-refractivity contribution in [1.29, 1.82) is 0 Å². The number of aromatic nitrogens is 2. The van der Waals surface area contributed by atoms with Crippen LogP contribution in [0.4, 0.5) is 11.5 Å². The Labute approximate surface area is 92.9 Å². The zero-order valence-corrected chi connectivity index (χ0v) is 8.84. The maximum atomic E-state index is 11.8. The number of nitrogens with two attached hydrogens (primary N) is 1. The average Bonchev–Trinajstić information content (AvgIpc) is 2.61. The molecule has 1 heterocycles. The number of nitrogens with zero attached hydrogens (tertiary/aromatic N) is 2. The molecule has 0 aliphatic carbocycles. The predicted molar refractivity (Wildman–Crippen MR) is 62.0 cm³/mol. The Bertz CT molecular complexity index is 504. The van der Waals surface area contributed by atoms with Gasteiger partial charge in [-0.1, -0.05) is 18.2 Å². The van der Waals surface area contributed by atoms with Crippen molar-refractivity contribution in [3.05, 3.63) is 42.1 Å². The minimum Gasteiger partial charge on any atom is -0.383 e. The third-order valence-corrected chi connectivity index (χ3v) is 2.26. The summed E-state index contributed by atoms with van der Waals surface area (Å²) in [4.78, 5) is 11.8. The summed E-state index contributed by atoms with van der Waals surface area (Å²) >= 11 is 0. The number of carbonyl (C=O) groups is 1. The van der Waals surface area contributed by atoms with E-state index in [1.54, 1.807) is 7.05 Å². The van der Waals surface area contributed by atoms with Crippen LogP contribution in [0.3, 0.4) is 0 Å². The second-order valence-corrected chi connectivity index (χ2v) is 3.39. The van der Waals surface area contributed by atoms with Gasteiger partial charge in [-0.3, -0.25) is 9.48 Å². The molecule has 0 aliphatic heterocycles. The summed E-state index contributed by atoms with van der Waals surface area (Å²) in [7, 11) is 1.69. The molecule has 1 aromatic carbocycles. The van der Waals surface area contributed by atoms with Gasteiger partial charge in [-0.05, 0) is 12.1 Å². The Kier molecular flexibility index (Phi) is 2.59. The Hall–Kier alpha value is -2.30. The van der Waals surface area contributed by atoms with Crippen LogP contribution in [0.15, 0.2) is 36.5 Å². The van der Waals surface area contributed by atoms with E-state index in [9.17, 15) is 4.79 Å². The number of amides is 1. The second kappa shape index (κ2) is 4.06. The number of hydrogen-bond donors (Lipinski definition) is 2. The van der Waals surface area contributed by atoms with Crippen molar-refractivity contribution in [2.45, 2.75) is 0 Å². The fourth-order valence-electron chi connectivity index (χ4n) is 1.34. The first kappa shape index (κ1) is 10.2. The molecule has 0 atom stereocenters. The number of hydrogen-bond acceptors (Lipinski definition) is 3. The van der Waals surface area contributed by atoms with Gasteiger partial charge < -0.3 is 11.1 Å². The van der Waals surface area contributed by atoms with E-state index in [-0.39, 0.29) is 5.91 Å². The van der Waals surface area contributed by atoms with E-state index in [0.717, 1.165) is 5.69 Å². The molecule has 82 valence electrons. The van der Waals surface area contributed by atoms with Gasteiger partial charge in [0, 0.05) is 12.7 Å². The lowest BCUT2D eigenvalue weighted by Gasteiger charge is -2.03. The van der Waals surface area contributed by atoms with Crippen molar-refractivity contribution in [1.82, 2.24) is 9.78 Å². The minimum atomic E-state index is -0.253. The SMILES string of the molecule is Cn1ncc(C(=O)Nc2ccccc2)c1N. The van der Waals surface area contributed by atoms with Crippen LogP contribution in [0, 0.1) is 0 Å². The largest absolute Gasteiger partial charge is 0.383 e. The highest BCUT2D eigenvalue weighted by molar-refractivity contribution is 6.07. The van der Waals surface area contributed by atoms with Gasteiger partial charge in [0.2, 0.25) is 0 Å². The highest BCUT2D eigenvalue weighted by atomic mass is 16.1. The maximum Gasteiger partial charge on any atom is 0.261 e. The van der Waals surface area contributed by atoms with E-state index in [0.29, 0.717) is 11.4 Å². The maximum absolute atomic E-state index is 11.8. The van der Waals surface area contributed by atoms with Gasteiger partial charge >= 0.3 is 0 Å². The zero-order valence-electron chi connectivity index (χ0n) is 8.84. The molecule has 5 nitrogen and oxygen atoms in total. The van der Waals surface area contributed by atoms with E-state index < -0.39 is 0 Å².